The van der Waals surface area contributed by atoms with Crippen molar-refractivity contribution >= 4 is 40.8 Å². The van der Waals surface area contributed by atoms with E-state index in [9.17, 15) is 18.8 Å². The van der Waals surface area contributed by atoms with Crippen LogP contribution in [0.25, 0.3) is 0 Å². The van der Waals surface area contributed by atoms with Gasteiger partial charge in [0.1, 0.15) is 11.7 Å². The standard InChI is InChI=1S/C25H18ClFN2O5/c1-33-25(32)15-4-10-18(11-5-15)28-23(30)20-21(14-2-8-17(27)9-3-14)29(34-22(20)24(28)31)19-12-6-16(26)7-13-19/h2-13,20-22H,1H3/t20-,21-,22+/m1/s1. The Labute approximate surface area is 199 Å². The zero-order valence-corrected chi connectivity index (χ0v) is 18.6. The summed E-state index contributed by atoms with van der Waals surface area (Å²) in [5, 5.41) is 2.03. The summed E-state index contributed by atoms with van der Waals surface area (Å²) < 4.78 is 18.3. The average molecular weight is 481 g/mol. The number of benzene rings is 3. The third-order valence-electron chi connectivity index (χ3n) is 5.95. The summed E-state index contributed by atoms with van der Waals surface area (Å²) in [6.07, 6.45) is -1.07. The third-order valence-corrected chi connectivity index (χ3v) is 6.21. The Morgan fingerprint density at radius 2 is 1.53 bits per heavy atom. The highest BCUT2D eigenvalue weighted by atomic mass is 35.5. The number of ether oxygens (including phenoxy) is 1. The van der Waals surface area contributed by atoms with Crippen LogP contribution in [0.4, 0.5) is 15.8 Å². The first kappa shape index (κ1) is 22.1. The molecule has 0 aliphatic carbocycles. The third kappa shape index (κ3) is 3.61. The summed E-state index contributed by atoms with van der Waals surface area (Å²) in [7, 11) is 1.27. The number of hydroxylamine groups is 1. The molecule has 2 amide bonds. The molecule has 2 saturated heterocycles. The molecule has 0 saturated carbocycles. The fourth-order valence-corrected chi connectivity index (χ4v) is 4.47. The molecular weight excluding hydrogens is 463 g/mol. The van der Waals surface area contributed by atoms with Gasteiger partial charge in [-0.05, 0) is 66.2 Å². The van der Waals surface area contributed by atoms with Crippen molar-refractivity contribution in [3.05, 3.63) is 94.8 Å². The van der Waals surface area contributed by atoms with E-state index < -0.39 is 41.7 Å². The van der Waals surface area contributed by atoms with E-state index in [-0.39, 0.29) is 0 Å². The number of carbonyl (C=O) groups is 3. The number of anilines is 2. The van der Waals surface area contributed by atoms with Crippen molar-refractivity contribution < 1.29 is 28.3 Å². The van der Waals surface area contributed by atoms with Gasteiger partial charge in [0.05, 0.1) is 30.1 Å². The Hall–Kier alpha value is -3.75. The minimum absolute atomic E-state index is 0.292. The minimum atomic E-state index is -1.07. The highest BCUT2D eigenvalue weighted by molar-refractivity contribution is 6.30. The van der Waals surface area contributed by atoms with Crippen molar-refractivity contribution in [2.45, 2.75) is 12.1 Å². The monoisotopic (exact) mass is 480 g/mol. The number of fused-ring (bicyclic) bond motifs is 1. The molecule has 5 rings (SSSR count). The summed E-state index contributed by atoms with van der Waals surface area (Å²) in [4.78, 5) is 45.7. The molecule has 34 heavy (non-hydrogen) atoms. The summed E-state index contributed by atoms with van der Waals surface area (Å²) in [5.74, 6) is -2.79. The molecule has 0 bridgehead atoms. The average Bonchev–Trinajstić information content (AvgIpc) is 3.35. The Morgan fingerprint density at radius 3 is 2.15 bits per heavy atom. The van der Waals surface area contributed by atoms with E-state index in [0.717, 1.165) is 4.90 Å². The lowest BCUT2D eigenvalue weighted by Crippen LogP contribution is -2.37. The van der Waals surface area contributed by atoms with Crippen LogP contribution >= 0.6 is 11.6 Å². The van der Waals surface area contributed by atoms with Gasteiger partial charge in [-0.25, -0.2) is 19.1 Å². The lowest BCUT2D eigenvalue weighted by Gasteiger charge is -2.28. The van der Waals surface area contributed by atoms with Gasteiger partial charge in [0.15, 0.2) is 6.10 Å². The van der Waals surface area contributed by atoms with Crippen molar-refractivity contribution in [2.75, 3.05) is 17.1 Å². The molecule has 0 aromatic heterocycles. The highest BCUT2D eigenvalue weighted by Gasteiger charge is 2.60. The first-order valence-electron chi connectivity index (χ1n) is 10.4. The van der Waals surface area contributed by atoms with Gasteiger partial charge in [-0.2, -0.15) is 0 Å². The van der Waals surface area contributed by atoms with Crippen LogP contribution < -0.4 is 9.96 Å². The fraction of sp³-hybridized carbons (Fsp3) is 0.160. The van der Waals surface area contributed by atoms with Crippen molar-refractivity contribution in [3.8, 4) is 0 Å². The number of rotatable bonds is 4. The smallest absolute Gasteiger partial charge is 0.337 e. The molecule has 3 atom stereocenters. The van der Waals surface area contributed by atoms with Gasteiger partial charge < -0.3 is 4.74 Å². The largest absolute Gasteiger partial charge is 0.465 e. The zero-order chi connectivity index (χ0) is 24.0. The Balaban J connectivity index is 1.53. The number of hydrogen-bond acceptors (Lipinski definition) is 6. The van der Waals surface area contributed by atoms with Crippen molar-refractivity contribution in [2.24, 2.45) is 5.92 Å². The molecule has 2 fully saturated rings. The molecule has 2 aliphatic rings. The Bertz CT molecular complexity index is 1260. The molecule has 172 valence electrons. The van der Waals surface area contributed by atoms with Crippen LogP contribution in [-0.4, -0.2) is 31.0 Å². The molecular formula is C25H18ClFN2O5. The molecule has 2 aliphatic heterocycles. The maximum absolute atomic E-state index is 13.6. The summed E-state index contributed by atoms with van der Waals surface area (Å²) in [6, 6.07) is 17.8. The minimum Gasteiger partial charge on any atom is -0.465 e. The van der Waals surface area contributed by atoms with Gasteiger partial charge in [-0.15, -0.1) is 0 Å². The van der Waals surface area contributed by atoms with E-state index in [1.165, 1.54) is 48.6 Å². The summed E-state index contributed by atoms with van der Waals surface area (Å²) in [6.45, 7) is 0. The molecule has 0 radical (unpaired) electrons. The highest BCUT2D eigenvalue weighted by Crippen LogP contribution is 2.47. The fourth-order valence-electron chi connectivity index (χ4n) is 4.34. The van der Waals surface area contributed by atoms with Crippen LogP contribution in [0.2, 0.25) is 5.02 Å². The Kier molecular flexibility index (Phi) is 5.55. The van der Waals surface area contributed by atoms with E-state index in [0.29, 0.717) is 27.5 Å². The number of hydrogen-bond donors (Lipinski definition) is 0. The second-order valence-electron chi connectivity index (χ2n) is 7.90. The molecule has 9 heteroatoms. The maximum Gasteiger partial charge on any atom is 0.337 e. The van der Waals surface area contributed by atoms with Crippen LogP contribution in [0.15, 0.2) is 72.8 Å². The first-order valence-corrected chi connectivity index (χ1v) is 10.8. The first-order chi connectivity index (χ1) is 16.4. The second-order valence-corrected chi connectivity index (χ2v) is 8.34. The van der Waals surface area contributed by atoms with Crippen LogP contribution in [0.5, 0.6) is 0 Å². The van der Waals surface area contributed by atoms with E-state index in [1.54, 1.807) is 36.4 Å². The molecule has 7 nitrogen and oxygen atoms in total. The molecule has 3 aromatic rings. The lowest BCUT2D eigenvalue weighted by atomic mass is 9.90. The van der Waals surface area contributed by atoms with Gasteiger partial charge in [0.25, 0.3) is 5.91 Å². The Morgan fingerprint density at radius 1 is 0.912 bits per heavy atom. The van der Waals surface area contributed by atoms with E-state index in [1.807, 2.05) is 0 Å². The molecule has 2 heterocycles. The van der Waals surface area contributed by atoms with E-state index in [2.05, 4.69) is 0 Å². The van der Waals surface area contributed by atoms with Crippen LogP contribution in [-0.2, 0) is 19.2 Å². The molecule has 0 N–H and O–H groups in total. The SMILES string of the molecule is COC(=O)c1ccc(N2C(=O)[C@H]3[C@H](ON(c4ccc(Cl)cc4)[C@@H]3c3ccc(F)cc3)C2=O)cc1. The summed E-state index contributed by atoms with van der Waals surface area (Å²) >= 11 is 6.01. The van der Waals surface area contributed by atoms with Gasteiger partial charge in [0, 0.05) is 5.02 Å². The van der Waals surface area contributed by atoms with E-state index >= 15 is 0 Å². The molecule has 3 aromatic carbocycles. The van der Waals surface area contributed by atoms with Crippen molar-refractivity contribution in [1.29, 1.82) is 0 Å². The quantitative estimate of drug-likeness (QED) is 0.409. The number of amides is 2. The van der Waals surface area contributed by atoms with E-state index in [4.69, 9.17) is 21.2 Å². The van der Waals surface area contributed by atoms with Gasteiger partial charge in [-0.3, -0.25) is 14.4 Å². The van der Waals surface area contributed by atoms with Gasteiger partial charge in [-0.1, -0.05) is 23.7 Å². The van der Waals surface area contributed by atoms with Crippen LogP contribution in [0.1, 0.15) is 22.0 Å². The lowest BCUT2D eigenvalue weighted by molar-refractivity contribution is -0.126. The zero-order valence-electron chi connectivity index (χ0n) is 17.9. The normalized spacial score (nSPS) is 21.7. The number of carbonyl (C=O) groups excluding carboxylic acids is 3. The van der Waals surface area contributed by atoms with Crippen LogP contribution in [0, 0.1) is 11.7 Å². The number of nitrogens with zero attached hydrogens (tertiary/aromatic N) is 2. The van der Waals surface area contributed by atoms with Gasteiger partial charge >= 0.3 is 5.97 Å². The topological polar surface area (TPSA) is 76.2 Å². The maximum atomic E-state index is 13.6. The second kappa shape index (κ2) is 8.55. The van der Waals surface area contributed by atoms with Crippen molar-refractivity contribution in [3.63, 3.8) is 0 Å². The van der Waals surface area contributed by atoms with Crippen LogP contribution in [0.3, 0.4) is 0 Å². The number of methoxy groups -OCH3 is 1. The molecule has 0 unspecified atom stereocenters. The number of halogens is 2. The predicted molar refractivity (Wildman–Crippen MR) is 122 cm³/mol. The predicted octanol–water partition coefficient (Wildman–Crippen LogP) is 4.32. The molecule has 0 spiro atoms. The van der Waals surface area contributed by atoms with Gasteiger partial charge in [0.2, 0.25) is 5.91 Å². The summed E-state index contributed by atoms with van der Waals surface area (Å²) in [5.41, 5.74) is 1.83. The van der Waals surface area contributed by atoms with Crippen molar-refractivity contribution in [1.82, 2.24) is 0 Å². The number of imide groups is 1. The number of esters is 1.